The van der Waals surface area contributed by atoms with Gasteiger partial charge in [0.25, 0.3) is 0 Å². The van der Waals surface area contributed by atoms with Crippen LogP contribution in [0.2, 0.25) is 0 Å². The van der Waals surface area contributed by atoms with E-state index >= 15 is 0 Å². The first-order valence-corrected chi connectivity index (χ1v) is 7.84. The Morgan fingerprint density at radius 3 is 2.71 bits per heavy atom. The van der Waals surface area contributed by atoms with Crippen LogP contribution in [0.1, 0.15) is 24.9 Å². The summed E-state index contributed by atoms with van der Waals surface area (Å²) in [5.41, 5.74) is 1.34. The number of hydrogen-bond acceptors (Lipinski definition) is 3. The number of benzene rings is 1. The third-order valence-electron chi connectivity index (χ3n) is 4.36. The number of aromatic nitrogens is 2. The Kier molecular flexibility index (Phi) is 4.33. The summed E-state index contributed by atoms with van der Waals surface area (Å²) in [6, 6.07) is 5.51. The van der Waals surface area contributed by atoms with E-state index in [1.54, 1.807) is 41.2 Å². The van der Waals surface area contributed by atoms with E-state index in [0.717, 1.165) is 5.56 Å². The molecular formula is C17H19FN4O2. The van der Waals surface area contributed by atoms with E-state index in [4.69, 9.17) is 0 Å². The van der Waals surface area contributed by atoms with Crippen molar-refractivity contribution >= 4 is 17.5 Å². The molecule has 0 aliphatic carbocycles. The van der Waals surface area contributed by atoms with Gasteiger partial charge in [-0.3, -0.25) is 14.3 Å². The minimum atomic E-state index is -0.530. The summed E-state index contributed by atoms with van der Waals surface area (Å²) in [5, 5.41) is 6.93. The minimum Gasteiger partial charge on any atom is -0.338 e. The molecule has 1 fully saturated rings. The molecule has 24 heavy (non-hydrogen) atoms. The lowest BCUT2D eigenvalue weighted by Crippen LogP contribution is -2.29. The molecule has 0 radical (unpaired) electrons. The van der Waals surface area contributed by atoms with Crippen molar-refractivity contribution in [3.8, 4) is 0 Å². The molecule has 0 spiro atoms. The Bertz CT molecular complexity index is 756. The molecule has 1 aromatic carbocycles. The van der Waals surface area contributed by atoms with Crippen molar-refractivity contribution in [1.29, 1.82) is 0 Å². The number of carbonyl (C=O) groups excluding carboxylic acids is 2. The van der Waals surface area contributed by atoms with Gasteiger partial charge >= 0.3 is 0 Å². The number of anilines is 1. The zero-order valence-electron chi connectivity index (χ0n) is 13.6. The summed E-state index contributed by atoms with van der Waals surface area (Å²) in [4.78, 5) is 26.3. The molecule has 2 aromatic rings. The van der Waals surface area contributed by atoms with Gasteiger partial charge in [0.05, 0.1) is 23.8 Å². The molecule has 2 amide bonds. The maximum absolute atomic E-state index is 13.2. The summed E-state index contributed by atoms with van der Waals surface area (Å²) >= 11 is 0. The number of carbonyl (C=O) groups is 2. The highest BCUT2D eigenvalue weighted by Crippen LogP contribution is 2.37. The van der Waals surface area contributed by atoms with Crippen molar-refractivity contribution < 1.29 is 14.0 Å². The zero-order valence-corrected chi connectivity index (χ0v) is 13.6. The molecule has 7 heteroatoms. The van der Waals surface area contributed by atoms with Crippen molar-refractivity contribution in [1.82, 2.24) is 14.7 Å². The molecule has 0 saturated carbocycles. The van der Waals surface area contributed by atoms with Crippen LogP contribution >= 0.6 is 0 Å². The highest BCUT2D eigenvalue weighted by molar-refractivity contribution is 5.97. The van der Waals surface area contributed by atoms with Gasteiger partial charge in [-0.15, -0.1) is 0 Å². The highest BCUT2D eigenvalue weighted by atomic mass is 19.1. The molecule has 0 unspecified atom stereocenters. The summed E-state index contributed by atoms with van der Waals surface area (Å²) in [6.45, 7) is 2.66. The fraction of sp³-hybridized carbons (Fsp3) is 0.353. The van der Waals surface area contributed by atoms with Crippen molar-refractivity contribution in [2.45, 2.75) is 25.9 Å². The number of amides is 2. The van der Waals surface area contributed by atoms with E-state index in [9.17, 15) is 14.0 Å². The van der Waals surface area contributed by atoms with E-state index in [0.29, 0.717) is 12.2 Å². The smallest absolute Gasteiger partial charge is 0.230 e. The fourth-order valence-corrected chi connectivity index (χ4v) is 3.06. The summed E-state index contributed by atoms with van der Waals surface area (Å²) in [5.74, 6) is -1.22. The van der Waals surface area contributed by atoms with Gasteiger partial charge in [0.2, 0.25) is 11.8 Å². The van der Waals surface area contributed by atoms with E-state index in [-0.39, 0.29) is 24.1 Å². The Morgan fingerprint density at radius 1 is 1.38 bits per heavy atom. The number of aryl methyl sites for hydroxylation is 1. The van der Waals surface area contributed by atoms with Crippen molar-refractivity contribution in [3.05, 3.63) is 48.0 Å². The van der Waals surface area contributed by atoms with Crippen molar-refractivity contribution in [3.63, 3.8) is 0 Å². The first-order chi connectivity index (χ1) is 11.5. The average Bonchev–Trinajstić information content (AvgIpc) is 3.14. The van der Waals surface area contributed by atoms with E-state index in [1.807, 2.05) is 6.92 Å². The highest BCUT2D eigenvalue weighted by Gasteiger charge is 2.42. The molecule has 6 nitrogen and oxygen atoms in total. The maximum Gasteiger partial charge on any atom is 0.230 e. The van der Waals surface area contributed by atoms with Gasteiger partial charge in [-0.25, -0.2) is 4.39 Å². The zero-order chi connectivity index (χ0) is 17.3. The first-order valence-electron chi connectivity index (χ1n) is 7.84. The normalized spacial score (nSPS) is 20.5. The second-order valence-electron chi connectivity index (χ2n) is 5.89. The second kappa shape index (κ2) is 6.43. The molecule has 1 saturated heterocycles. The number of likely N-dealkylation sites (tertiary alicyclic amines) is 1. The number of nitrogens with one attached hydrogen (secondary N) is 1. The van der Waals surface area contributed by atoms with Crippen LogP contribution in [-0.2, 0) is 16.1 Å². The lowest BCUT2D eigenvalue weighted by atomic mass is 9.93. The van der Waals surface area contributed by atoms with Gasteiger partial charge in [0.15, 0.2) is 0 Å². The molecule has 1 aliphatic heterocycles. The van der Waals surface area contributed by atoms with Gasteiger partial charge < -0.3 is 10.2 Å². The number of rotatable bonds is 4. The van der Waals surface area contributed by atoms with Crippen LogP contribution < -0.4 is 5.32 Å². The summed E-state index contributed by atoms with van der Waals surface area (Å²) < 4.78 is 14.9. The number of nitrogens with zero attached hydrogens (tertiary/aromatic N) is 3. The summed E-state index contributed by atoms with van der Waals surface area (Å²) in [6.07, 6.45) is 3.45. The van der Waals surface area contributed by atoms with Crippen LogP contribution in [0.4, 0.5) is 10.1 Å². The molecule has 3 rings (SSSR count). The van der Waals surface area contributed by atoms with Crippen LogP contribution in [-0.4, -0.2) is 33.5 Å². The largest absolute Gasteiger partial charge is 0.338 e. The molecule has 1 aromatic heterocycles. The monoisotopic (exact) mass is 330 g/mol. The van der Waals surface area contributed by atoms with Crippen molar-refractivity contribution in [2.75, 3.05) is 12.4 Å². The Hall–Kier alpha value is -2.70. The third kappa shape index (κ3) is 3.02. The van der Waals surface area contributed by atoms with E-state index in [2.05, 4.69) is 10.4 Å². The molecule has 0 bridgehead atoms. The van der Waals surface area contributed by atoms with Gasteiger partial charge in [0, 0.05) is 26.2 Å². The molecular weight excluding hydrogens is 311 g/mol. The standard InChI is InChI=1S/C17H19FN4O2/c1-3-22-10-13(9-19-22)20-17(24)14-8-15(23)21(2)16(14)11-4-6-12(18)7-5-11/h4-7,9-10,14,16H,3,8H2,1-2H3,(H,20,24)/t14-,16+/m0/s1. The predicted molar refractivity (Wildman–Crippen MR) is 86.5 cm³/mol. The van der Waals surface area contributed by atoms with E-state index < -0.39 is 12.0 Å². The first kappa shape index (κ1) is 16.2. The van der Waals surface area contributed by atoms with Gasteiger partial charge in [-0.2, -0.15) is 5.10 Å². The fourth-order valence-electron chi connectivity index (χ4n) is 3.06. The van der Waals surface area contributed by atoms with Gasteiger partial charge in [-0.05, 0) is 24.6 Å². The van der Waals surface area contributed by atoms with Crippen LogP contribution in [0.25, 0.3) is 0 Å². The van der Waals surface area contributed by atoms with Gasteiger partial charge in [0.1, 0.15) is 5.82 Å². The maximum atomic E-state index is 13.2. The molecule has 1 aliphatic rings. The van der Waals surface area contributed by atoms with Crippen LogP contribution in [0.5, 0.6) is 0 Å². The van der Waals surface area contributed by atoms with Crippen LogP contribution in [0.3, 0.4) is 0 Å². The average molecular weight is 330 g/mol. The lowest BCUT2D eigenvalue weighted by Gasteiger charge is -2.24. The topological polar surface area (TPSA) is 67.2 Å². The Balaban J connectivity index is 1.82. The minimum absolute atomic E-state index is 0.103. The van der Waals surface area contributed by atoms with Gasteiger partial charge in [-0.1, -0.05) is 12.1 Å². The molecule has 2 atom stereocenters. The molecule has 2 heterocycles. The van der Waals surface area contributed by atoms with Crippen LogP contribution in [0, 0.1) is 11.7 Å². The van der Waals surface area contributed by atoms with Crippen LogP contribution in [0.15, 0.2) is 36.7 Å². The SMILES string of the molecule is CCn1cc(NC(=O)[C@H]2CC(=O)N(C)[C@@H]2c2ccc(F)cc2)cn1. The summed E-state index contributed by atoms with van der Waals surface area (Å²) in [7, 11) is 1.67. The second-order valence-corrected chi connectivity index (χ2v) is 5.89. The van der Waals surface area contributed by atoms with Crippen molar-refractivity contribution in [2.24, 2.45) is 5.92 Å². The lowest BCUT2D eigenvalue weighted by molar-refractivity contribution is -0.127. The predicted octanol–water partition coefficient (Wildman–Crippen LogP) is 2.20. The Labute approximate surface area is 139 Å². The molecule has 126 valence electrons. The number of halogens is 1. The molecule has 1 N–H and O–H groups in total. The van der Waals surface area contributed by atoms with E-state index in [1.165, 1.54) is 12.1 Å². The quantitative estimate of drug-likeness (QED) is 0.934. The number of hydrogen-bond donors (Lipinski definition) is 1. The Morgan fingerprint density at radius 2 is 2.08 bits per heavy atom. The third-order valence-corrected chi connectivity index (χ3v) is 4.36.